The first-order chi connectivity index (χ1) is 9.06. The zero-order valence-corrected chi connectivity index (χ0v) is 11.8. The molecule has 0 aliphatic rings. The second-order valence-corrected chi connectivity index (χ2v) is 4.22. The molecule has 0 radical (unpaired) electrons. The number of halogens is 3. The number of hydrogen-bond acceptors (Lipinski definition) is 3. The van der Waals surface area contributed by atoms with Crippen LogP contribution in [0.3, 0.4) is 0 Å². The van der Waals surface area contributed by atoms with Crippen molar-refractivity contribution in [3.63, 3.8) is 0 Å². The van der Waals surface area contributed by atoms with Crippen molar-refractivity contribution < 1.29 is 9.90 Å². The van der Waals surface area contributed by atoms with Crippen molar-refractivity contribution in [1.29, 1.82) is 0 Å². The van der Waals surface area contributed by atoms with Crippen molar-refractivity contribution in [2.75, 3.05) is 0 Å². The number of carboxylic acids is 1. The maximum absolute atomic E-state index is 10.3. The Morgan fingerprint density at radius 2 is 1.68 bits per heavy atom. The van der Waals surface area contributed by atoms with Crippen LogP contribution >= 0.6 is 34.8 Å². The summed E-state index contributed by atoms with van der Waals surface area (Å²) in [4.78, 5) is 17.7. The first-order valence-corrected chi connectivity index (χ1v) is 6.34. The number of alkyl halides is 1. The Labute approximate surface area is 125 Å². The summed E-state index contributed by atoms with van der Waals surface area (Å²) in [6.07, 6.45) is 3.08. The quantitative estimate of drug-likeness (QED) is 0.673. The Morgan fingerprint density at radius 3 is 2.05 bits per heavy atom. The minimum absolute atomic E-state index is 0.0231. The highest BCUT2D eigenvalue weighted by Crippen LogP contribution is 2.12. The van der Waals surface area contributed by atoms with E-state index in [1.165, 1.54) is 18.3 Å². The Bertz CT molecular complexity index is 564. The van der Waals surface area contributed by atoms with Crippen LogP contribution in [0.2, 0.25) is 10.3 Å². The fraction of sp³-hybridized carbons (Fsp3) is 0.0833. The van der Waals surface area contributed by atoms with Crippen molar-refractivity contribution in [3.8, 4) is 0 Å². The van der Waals surface area contributed by atoms with Crippen LogP contribution in [0.4, 0.5) is 0 Å². The molecule has 2 heterocycles. The number of carboxylic acid groups (broad SMARTS) is 1. The molecule has 7 heteroatoms. The summed E-state index contributed by atoms with van der Waals surface area (Å²) in [6, 6.07) is 6.58. The molecular formula is C12H9Cl3N2O2. The van der Waals surface area contributed by atoms with Gasteiger partial charge >= 0.3 is 5.97 Å². The van der Waals surface area contributed by atoms with Crippen LogP contribution in [-0.2, 0) is 5.88 Å². The molecule has 0 bridgehead atoms. The maximum Gasteiger partial charge on any atom is 0.338 e. The molecule has 0 aliphatic carbocycles. The van der Waals surface area contributed by atoms with Crippen LogP contribution in [0.5, 0.6) is 0 Å². The molecule has 0 amide bonds. The van der Waals surface area contributed by atoms with Gasteiger partial charge in [0.25, 0.3) is 0 Å². The highest BCUT2D eigenvalue weighted by Gasteiger charge is 2.06. The van der Waals surface area contributed by atoms with E-state index in [1.54, 1.807) is 6.20 Å². The lowest BCUT2D eigenvalue weighted by atomic mass is 10.3. The molecule has 0 fully saturated rings. The molecule has 0 saturated heterocycles. The van der Waals surface area contributed by atoms with Crippen molar-refractivity contribution in [2.45, 2.75) is 5.88 Å². The number of aromatic carboxylic acids is 1. The molecule has 1 N–H and O–H groups in total. The van der Waals surface area contributed by atoms with Crippen LogP contribution in [0.25, 0.3) is 0 Å². The number of hydrogen-bond donors (Lipinski definition) is 1. The van der Waals surface area contributed by atoms with E-state index in [9.17, 15) is 4.79 Å². The smallest absolute Gasteiger partial charge is 0.338 e. The van der Waals surface area contributed by atoms with Gasteiger partial charge in [0.1, 0.15) is 10.3 Å². The molecule has 100 valence electrons. The molecular weight excluding hydrogens is 311 g/mol. The number of nitrogens with zero attached hydrogens (tertiary/aromatic N) is 2. The molecule has 2 aromatic rings. The SMILES string of the molecule is ClCc1cccnc1Cl.O=C(O)c1cccnc1Cl. The second kappa shape index (κ2) is 7.94. The van der Waals surface area contributed by atoms with Gasteiger partial charge in [-0.1, -0.05) is 29.3 Å². The molecule has 0 unspecified atom stereocenters. The predicted molar refractivity (Wildman–Crippen MR) is 75.0 cm³/mol. The van der Waals surface area contributed by atoms with Crippen LogP contribution in [0.15, 0.2) is 36.7 Å². The van der Waals surface area contributed by atoms with E-state index >= 15 is 0 Å². The first-order valence-electron chi connectivity index (χ1n) is 5.05. The Kier molecular flexibility index (Phi) is 6.56. The van der Waals surface area contributed by atoms with Gasteiger partial charge in [-0.2, -0.15) is 0 Å². The summed E-state index contributed by atoms with van der Waals surface area (Å²) in [5, 5.41) is 8.96. The molecule has 0 aliphatic heterocycles. The summed E-state index contributed by atoms with van der Waals surface area (Å²) in [5.74, 6) is -0.634. The third-order valence-electron chi connectivity index (χ3n) is 1.97. The van der Waals surface area contributed by atoms with Crippen molar-refractivity contribution in [3.05, 3.63) is 58.1 Å². The van der Waals surface area contributed by atoms with E-state index in [2.05, 4.69) is 9.97 Å². The summed E-state index contributed by atoms with van der Waals surface area (Å²) in [7, 11) is 0. The standard InChI is InChI=1S/C6H5Cl2N.C6H4ClNO2/c7-4-5-2-1-3-9-6(5)8;7-5-4(6(9)10)2-1-3-8-5/h1-3H,4H2;1-3H,(H,9,10). The first kappa shape index (κ1) is 15.7. The average Bonchev–Trinajstić information content (AvgIpc) is 2.40. The highest BCUT2D eigenvalue weighted by molar-refractivity contribution is 6.32. The zero-order chi connectivity index (χ0) is 14.3. The fourth-order valence-electron chi connectivity index (χ4n) is 1.06. The number of pyridine rings is 2. The van der Waals surface area contributed by atoms with Gasteiger partial charge < -0.3 is 5.11 Å². The minimum atomic E-state index is -1.06. The average molecular weight is 320 g/mol. The summed E-state index contributed by atoms with van der Waals surface area (Å²) < 4.78 is 0. The van der Waals surface area contributed by atoms with Gasteiger partial charge in [-0.15, -0.1) is 11.6 Å². The van der Waals surface area contributed by atoms with E-state index in [1.807, 2.05) is 12.1 Å². The minimum Gasteiger partial charge on any atom is -0.478 e. The monoisotopic (exact) mass is 318 g/mol. The third-order valence-corrected chi connectivity index (χ3v) is 2.90. The van der Waals surface area contributed by atoms with E-state index in [0.29, 0.717) is 11.0 Å². The molecule has 2 aromatic heterocycles. The van der Waals surface area contributed by atoms with Gasteiger partial charge in [0.15, 0.2) is 0 Å². The Hall–Kier alpha value is -1.36. The normalized spacial score (nSPS) is 9.42. The van der Waals surface area contributed by atoms with E-state index < -0.39 is 5.97 Å². The maximum atomic E-state index is 10.3. The Balaban J connectivity index is 0.000000191. The Morgan fingerprint density at radius 1 is 1.11 bits per heavy atom. The van der Waals surface area contributed by atoms with Crippen LogP contribution in [-0.4, -0.2) is 21.0 Å². The van der Waals surface area contributed by atoms with Gasteiger partial charge in [0, 0.05) is 18.0 Å². The van der Waals surface area contributed by atoms with E-state index in [-0.39, 0.29) is 10.7 Å². The summed E-state index contributed by atoms with van der Waals surface area (Å²) in [6.45, 7) is 0. The third kappa shape index (κ3) is 5.03. The van der Waals surface area contributed by atoms with Crippen molar-refractivity contribution in [1.82, 2.24) is 9.97 Å². The van der Waals surface area contributed by atoms with E-state index in [4.69, 9.17) is 39.9 Å². The fourth-order valence-corrected chi connectivity index (χ4v) is 1.73. The van der Waals surface area contributed by atoms with Crippen LogP contribution in [0, 0.1) is 0 Å². The molecule has 0 spiro atoms. The lowest BCUT2D eigenvalue weighted by Gasteiger charge is -1.93. The van der Waals surface area contributed by atoms with E-state index in [0.717, 1.165) is 5.56 Å². The van der Waals surface area contributed by atoms with Gasteiger partial charge in [-0.3, -0.25) is 0 Å². The van der Waals surface area contributed by atoms with Crippen LogP contribution < -0.4 is 0 Å². The van der Waals surface area contributed by atoms with Crippen molar-refractivity contribution >= 4 is 40.8 Å². The molecule has 0 aromatic carbocycles. The van der Waals surface area contributed by atoms with Crippen molar-refractivity contribution in [2.24, 2.45) is 0 Å². The van der Waals surface area contributed by atoms with Gasteiger partial charge in [-0.05, 0) is 18.2 Å². The summed E-state index contributed by atoms with van der Waals surface area (Å²) >= 11 is 16.6. The van der Waals surface area contributed by atoms with Gasteiger partial charge in [0.05, 0.1) is 11.4 Å². The summed E-state index contributed by atoms with van der Waals surface area (Å²) in [5.41, 5.74) is 0.907. The largest absolute Gasteiger partial charge is 0.478 e. The second-order valence-electron chi connectivity index (χ2n) is 3.23. The lowest BCUT2D eigenvalue weighted by Crippen LogP contribution is -1.97. The molecule has 2 rings (SSSR count). The molecule has 0 saturated carbocycles. The highest BCUT2D eigenvalue weighted by atomic mass is 35.5. The molecule has 0 atom stereocenters. The topological polar surface area (TPSA) is 63.1 Å². The molecule has 4 nitrogen and oxygen atoms in total. The zero-order valence-electron chi connectivity index (χ0n) is 9.55. The predicted octanol–water partition coefficient (Wildman–Crippen LogP) is 3.91. The number of carbonyl (C=O) groups is 1. The molecule has 19 heavy (non-hydrogen) atoms. The van der Waals surface area contributed by atoms with Crippen LogP contribution in [0.1, 0.15) is 15.9 Å². The van der Waals surface area contributed by atoms with Gasteiger partial charge in [-0.25, -0.2) is 14.8 Å². The number of aromatic nitrogens is 2. The number of rotatable bonds is 2. The lowest BCUT2D eigenvalue weighted by molar-refractivity contribution is 0.0696. The van der Waals surface area contributed by atoms with Gasteiger partial charge in [0.2, 0.25) is 0 Å².